The van der Waals surface area contributed by atoms with Crippen molar-refractivity contribution in [3.8, 4) is 0 Å². The van der Waals surface area contributed by atoms with Gasteiger partial charge in [-0.2, -0.15) is 4.31 Å². The van der Waals surface area contributed by atoms with E-state index >= 15 is 0 Å². The molecule has 21 heavy (non-hydrogen) atoms. The van der Waals surface area contributed by atoms with Gasteiger partial charge in [0.15, 0.2) is 0 Å². The second kappa shape index (κ2) is 6.28. The van der Waals surface area contributed by atoms with E-state index in [9.17, 15) is 13.2 Å². The van der Waals surface area contributed by atoms with Crippen LogP contribution < -0.4 is 10.6 Å². The minimum Gasteiger partial charge on any atom is -0.335 e. The number of hydrogen-bond donors (Lipinski definition) is 2. The molecule has 1 aliphatic carbocycles. The summed E-state index contributed by atoms with van der Waals surface area (Å²) in [4.78, 5) is 11.8. The molecular weight excluding hydrogens is 290 g/mol. The first kappa shape index (κ1) is 15.5. The van der Waals surface area contributed by atoms with Gasteiger partial charge in [-0.1, -0.05) is 6.08 Å². The Bertz CT molecular complexity index is 621. The lowest BCUT2D eigenvalue weighted by Crippen LogP contribution is -2.30. The lowest BCUT2D eigenvalue weighted by Gasteiger charge is -2.15. The number of rotatable bonds is 6. The number of carbonyl (C=O) groups excluding carboxylic acids is 1. The summed E-state index contributed by atoms with van der Waals surface area (Å²) in [6.45, 7) is 3.76. The molecule has 0 saturated heterocycles. The molecule has 0 radical (unpaired) electrons. The third kappa shape index (κ3) is 4.05. The first-order valence-electron chi connectivity index (χ1n) is 6.68. The van der Waals surface area contributed by atoms with Crippen LogP contribution in [-0.2, 0) is 10.0 Å². The highest BCUT2D eigenvalue weighted by Crippen LogP contribution is 2.20. The van der Waals surface area contributed by atoms with E-state index in [1.807, 2.05) is 0 Å². The highest BCUT2D eigenvalue weighted by atomic mass is 32.2. The predicted molar refractivity (Wildman–Crippen MR) is 81.6 cm³/mol. The van der Waals surface area contributed by atoms with E-state index in [1.54, 1.807) is 12.1 Å². The van der Waals surface area contributed by atoms with Crippen LogP contribution in [0.1, 0.15) is 12.8 Å². The van der Waals surface area contributed by atoms with Crippen LogP contribution in [0.25, 0.3) is 0 Å². The Kier molecular flexibility index (Phi) is 4.64. The van der Waals surface area contributed by atoms with Crippen molar-refractivity contribution in [2.45, 2.75) is 23.8 Å². The van der Waals surface area contributed by atoms with Gasteiger partial charge in [-0.05, 0) is 37.1 Å². The van der Waals surface area contributed by atoms with Gasteiger partial charge >= 0.3 is 6.03 Å². The van der Waals surface area contributed by atoms with Crippen molar-refractivity contribution in [3.05, 3.63) is 36.9 Å². The van der Waals surface area contributed by atoms with Crippen molar-refractivity contribution in [2.24, 2.45) is 0 Å². The van der Waals surface area contributed by atoms with Crippen LogP contribution in [-0.4, -0.2) is 38.4 Å². The molecule has 2 rings (SSSR count). The number of urea groups is 1. The lowest BCUT2D eigenvalue weighted by molar-refractivity contribution is 0.251. The number of nitrogens with one attached hydrogen (secondary N) is 2. The third-order valence-electron chi connectivity index (χ3n) is 3.12. The standard InChI is InChI=1S/C14H19N3O3S/c1-3-10-17(2)21(19,20)13-8-6-12(7-9-13)16-14(18)15-11-4-5-11/h3,6-9,11H,1,4-5,10H2,2H3,(H2,15,16,18). The van der Waals surface area contributed by atoms with Gasteiger partial charge in [0.05, 0.1) is 4.90 Å². The lowest BCUT2D eigenvalue weighted by atomic mass is 10.3. The zero-order valence-electron chi connectivity index (χ0n) is 11.9. The fourth-order valence-electron chi connectivity index (χ4n) is 1.75. The Labute approximate surface area is 124 Å². The topological polar surface area (TPSA) is 78.5 Å². The number of nitrogens with zero attached hydrogens (tertiary/aromatic N) is 1. The zero-order valence-corrected chi connectivity index (χ0v) is 12.7. The van der Waals surface area contributed by atoms with Gasteiger partial charge in [0.25, 0.3) is 0 Å². The SMILES string of the molecule is C=CCN(C)S(=O)(=O)c1ccc(NC(=O)NC2CC2)cc1. The number of amides is 2. The molecule has 6 nitrogen and oxygen atoms in total. The van der Waals surface area contributed by atoms with Crippen LogP contribution in [0.4, 0.5) is 10.5 Å². The van der Waals surface area contributed by atoms with Crippen LogP contribution in [0, 0.1) is 0 Å². The normalized spacial score (nSPS) is 14.8. The summed E-state index contributed by atoms with van der Waals surface area (Å²) in [5, 5.41) is 5.47. The second-order valence-corrected chi connectivity index (χ2v) is 7.02. The average molecular weight is 309 g/mol. The maximum Gasteiger partial charge on any atom is 0.319 e. The maximum atomic E-state index is 12.2. The molecule has 0 atom stereocenters. The van der Waals surface area contributed by atoms with Crippen molar-refractivity contribution >= 4 is 21.7 Å². The average Bonchev–Trinajstić information content (AvgIpc) is 3.23. The highest BCUT2D eigenvalue weighted by molar-refractivity contribution is 7.89. The van der Waals surface area contributed by atoms with Crippen LogP contribution >= 0.6 is 0 Å². The Balaban J connectivity index is 2.03. The third-order valence-corrected chi connectivity index (χ3v) is 4.96. The Hall–Kier alpha value is -1.86. The molecule has 1 aliphatic rings. The second-order valence-electron chi connectivity index (χ2n) is 4.97. The van der Waals surface area contributed by atoms with E-state index in [1.165, 1.54) is 29.6 Å². The predicted octanol–water partition coefficient (Wildman–Crippen LogP) is 1.78. The monoisotopic (exact) mass is 309 g/mol. The number of hydrogen-bond acceptors (Lipinski definition) is 3. The molecule has 0 aliphatic heterocycles. The first-order chi connectivity index (χ1) is 9.93. The zero-order chi connectivity index (χ0) is 15.5. The molecule has 2 amide bonds. The van der Waals surface area contributed by atoms with E-state index in [4.69, 9.17) is 0 Å². The maximum absolute atomic E-state index is 12.2. The molecule has 2 N–H and O–H groups in total. The molecule has 7 heteroatoms. The molecule has 0 unspecified atom stereocenters. The molecule has 1 saturated carbocycles. The quantitative estimate of drug-likeness (QED) is 0.786. The molecule has 0 bridgehead atoms. The molecule has 0 aromatic heterocycles. The summed E-state index contributed by atoms with van der Waals surface area (Å²) in [5.74, 6) is 0. The van der Waals surface area contributed by atoms with Crippen molar-refractivity contribution in [1.82, 2.24) is 9.62 Å². The van der Waals surface area contributed by atoms with Crippen LogP contribution in [0.2, 0.25) is 0 Å². The molecule has 0 heterocycles. The summed E-state index contributed by atoms with van der Waals surface area (Å²) < 4.78 is 25.6. The van der Waals surface area contributed by atoms with Crippen LogP contribution in [0.5, 0.6) is 0 Å². The van der Waals surface area contributed by atoms with Crippen molar-refractivity contribution < 1.29 is 13.2 Å². The minimum absolute atomic E-state index is 0.181. The fraction of sp³-hybridized carbons (Fsp3) is 0.357. The molecule has 0 spiro atoms. The molecule has 114 valence electrons. The first-order valence-corrected chi connectivity index (χ1v) is 8.12. The fourth-order valence-corrected chi connectivity index (χ4v) is 2.89. The van der Waals surface area contributed by atoms with Gasteiger partial charge in [0.1, 0.15) is 0 Å². The number of anilines is 1. The summed E-state index contributed by atoms with van der Waals surface area (Å²) in [7, 11) is -2.03. The Morgan fingerprint density at radius 3 is 2.52 bits per heavy atom. The van der Waals surface area contributed by atoms with E-state index in [-0.39, 0.29) is 23.5 Å². The Morgan fingerprint density at radius 1 is 1.38 bits per heavy atom. The Morgan fingerprint density at radius 2 is 2.00 bits per heavy atom. The van der Waals surface area contributed by atoms with E-state index in [2.05, 4.69) is 17.2 Å². The minimum atomic E-state index is -3.52. The van der Waals surface area contributed by atoms with E-state index < -0.39 is 10.0 Å². The number of likely N-dealkylation sites (N-methyl/N-ethyl adjacent to an activating group) is 1. The highest BCUT2D eigenvalue weighted by Gasteiger charge is 2.23. The van der Waals surface area contributed by atoms with Crippen molar-refractivity contribution in [2.75, 3.05) is 18.9 Å². The van der Waals surface area contributed by atoms with Gasteiger partial charge in [-0.3, -0.25) is 0 Å². The molecule has 1 aromatic rings. The van der Waals surface area contributed by atoms with Gasteiger partial charge in [0, 0.05) is 25.3 Å². The van der Waals surface area contributed by atoms with Crippen LogP contribution in [0.15, 0.2) is 41.8 Å². The van der Waals surface area contributed by atoms with Crippen molar-refractivity contribution in [3.63, 3.8) is 0 Å². The summed E-state index contributed by atoms with van der Waals surface area (Å²) >= 11 is 0. The number of benzene rings is 1. The van der Waals surface area contributed by atoms with Gasteiger partial charge < -0.3 is 10.6 Å². The molecule has 1 aromatic carbocycles. The van der Waals surface area contributed by atoms with Crippen LogP contribution in [0.3, 0.4) is 0 Å². The van der Waals surface area contributed by atoms with Crippen molar-refractivity contribution in [1.29, 1.82) is 0 Å². The molecule has 1 fully saturated rings. The summed E-state index contributed by atoms with van der Waals surface area (Å²) in [5.41, 5.74) is 0.554. The van der Waals surface area contributed by atoms with Gasteiger partial charge in [-0.15, -0.1) is 6.58 Å². The summed E-state index contributed by atoms with van der Waals surface area (Å²) in [6, 6.07) is 6.10. The number of carbonyl (C=O) groups is 1. The largest absolute Gasteiger partial charge is 0.335 e. The molecular formula is C14H19N3O3S. The number of sulfonamides is 1. The van der Waals surface area contributed by atoms with E-state index in [0.717, 1.165) is 12.8 Å². The van der Waals surface area contributed by atoms with E-state index in [0.29, 0.717) is 5.69 Å². The van der Waals surface area contributed by atoms with Gasteiger partial charge in [-0.25, -0.2) is 13.2 Å². The summed E-state index contributed by atoms with van der Waals surface area (Å²) in [6.07, 6.45) is 3.55. The smallest absolute Gasteiger partial charge is 0.319 e. The van der Waals surface area contributed by atoms with Gasteiger partial charge in [0.2, 0.25) is 10.0 Å².